The molecule has 1 aliphatic rings. The number of carbonyl (C=O) groups is 1. The largest absolute Gasteiger partial charge is 0.462 e. The fourth-order valence-electron chi connectivity index (χ4n) is 2.30. The van der Waals surface area contributed by atoms with Gasteiger partial charge in [0, 0.05) is 16.9 Å². The van der Waals surface area contributed by atoms with Crippen molar-refractivity contribution in [2.45, 2.75) is 32.1 Å². The van der Waals surface area contributed by atoms with Gasteiger partial charge in [0.2, 0.25) is 0 Å². The van der Waals surface area contributed by atoms with Crippen LogP contribution in [0.5, 0.6) is 0 Å². The highest BCUT2D eigenvalue weighted by Crippen LogP contribution is 2.36. The Kier molecular flexibility index (Phi) is 4.55. The van der Waals surface area contributed by atoms with E-state index < -0.39 is 0 Å². The van der Waals surface area contributed by atoms with Crippen LogP contribution in [0.15, 0.2) is 29.6 Å². The summed E-state index contributed by atoms with van der Waals surface area (Å²) in [7, 11) is 0. The highest BCUT2D eigenvalue weighted by molar-refractivity contribution is 7.10. The lowest BCUT2D eigenvalue weighted by Gasteiger charge is -2.22. The number of ether oxygens (including phenoxy) is 1. The zero-order valence-corrected chi connectivity index (χ0v) is 13.3. The molecule has 3 rings (SSSR count). The fourth-order valence-corrected chi connectivity index (χ4v) is 3.04. The van der Waals surface area contributed by atoms with Gasteiger partial charge in [0.15, 0.2) is 5.01 Å². The van der Waals surface area contributed by atoms with E-state index in [1.54, 1.807) is 30.4 Å². The number of benzene rings is 1. The van der Waals surface area contributed by atoms with E-state index in [2.05, 4.69) is 22.2 Å². The molecule has 1 heterocycles. The van der Waals surface area contributed by atoms with Crippen LogP contribution >= 0.6 is 11.3 Å². The van der Waals surface area contributed by atoms with Crippen LogP contribution in [0.3, 0.4) is 0 Å². The summed E-state index contributed by atoms with van der Waals surface area (Å²) in [6, 6.07) is 7.20. The number of rotatable bonds is 3. The number of hydrogen-bond donors (Lipinski definition) is 0. The van der Waals surface area contributed by atoms with E-state index >= 15 is 0 Å². The van der Waals surface area contributed by atoms with Gasteiger partial charge < -0.3 is 4.74 Å². The van der Waals surface area contributed by atoms with E-state index in [4.69, 9.17) is 4.74 Å². The first kappa shape index (κ1) is 14.8. The second-order valence-electron chi connectivity index (χ2n) is 5.26. The molecule has 1 aromatic heterocycles. The van der Waals surface area contributed by atoms with Crippen LogP contribution in [-0.4, -0.2) is 17.6 Å². The number of nitrogens with zero attached hydrogens (tertiary/aromatic N) is 1. The molecule has 3 nitrogen and oxygen atoms in total. The minimum absolute atomic E-state index is 0.312. The van der Waals surface area contributed by atoms with Crippen LogP contribution in [0.1, 0.15) is 58.7 Å². The summed E-state index contributed by atoms with van der Waals surface area (Å²) >= 11 is 1.59. The molecule has 0 bridgehead atoms. The number of aromatic nitrogens is 1. The Bertz CT molecular complexity index is 735. The molecule has 0 atom stereocenters. The molecule has 2 aromatic rings. The number of esters is 1. The van der Waals surface area contributed by atoms with Crippen molar-refractivity contribution in [2.24, 2.45) is 0 Å². The molecule has 1 aliphatic carbocycles. The maximum Gasteiger partial charge on any atom is 0.338 e. The topological polar surface area (TPSA) is 39.2 Å². The van der Waals surface area contributed by atoms with Crippen molar-refractivity contribution in [1.29, 1.82) is 0 Å². The van der Waals surface area contributed by atoms with Gasteiger partial charge in [-0.1, -0.05) is 18.4 Å². The van der Waals surface area contributed by atoms with Crippen molar-refractivity contribution in [1.82, 2.24) is 4.98 Å². The lowest BCUT2D eigenvalue weighted by Crippen LogP contribution is -2.08. The number of thiazole rings is 1. The lowest BCUT2D eigenvalue weighted by atomic mass is 9.83. The normalized spacial score (nSPS) is 13.9. The van der Waals surface area contributed by atoms with E-state index in [0.717, 1.165) is 10.6 Å². The van der Waals surface area contributed by atoms with Gasteiger partial charge in [0.25, 0.3) is 0 Å². The number of carbonyl (C=O) groups excluding carboxylic acids is 1. The van der Waals surface area contributed by atoms with Gasteiger partial charge in [-0.2, -0.15) is 0 Å². The fraction of sp³-hybridized carbons (Fsp3) is 0.333. The highest BCUT2D eigenvalue weighted by atomic mass is 32.1. The molecule has 0 radical (unpaired) electrons. The van der Waals surface area contributed by atoms with E-state index in [1.807, 2.05) is 12.1 Å². The van der Waals surface area contributed by atoms with Gasteiger partial charge in [0.05, 0.1) is 17.9 Å². The third-order valence-electron chi connectivity index (χ3n) is 3.73. The van der Waals surface area contributed by atoms with Crippen LogP contribution in [-0.2, 0) is 4.74 Å². The number of hydrogen-bond acceptors (Lipinski definition) is 4. The van der Waals surface area contributed by atoms with Crippen molar-refractivity contribution in [3.8, 4) is 11.8 Å². The Morgan fingerprint density at radius 3 is 3.00 bits per heavy atom. The summed E-state index contributed by atoms with van der Waals surface area (Å²) in [5, 5.41) is 2.95. The molecule has 1 aromatic carbocycles. The summed E-state index contributed by atoms with van der Waals surface area (Å²) in [4.78, 5) is 16.3. The molecule has 0 spiro atoms. The van der Waals surface area contributed by atoms with E-state index in [0.29, 0.717) is 18.1 Å². The minimum Gasteiger partial charge on any atom is -0.462 e. The van der Waals surface area contributed by atoms with Crippen molar-refractivity contribution in [3.05, 3.63) is 51.5 Å². The molecule has 1 saturated carbocycles. The van der Waals surface area contributed by atoms with Gasteiger partial charge in [-0.15, -0.1) is 11.3 Å². The first-order valence-corrected chi connectivity index (χ1v) is 8.39. The molecule has 1 fully saturated rings. The zero-order chi connectivity index (χ0) is 15.4. The molecule has 0 amide bonds. The molecule has 22 heavy (non-hydrogen) atoms. The molecule has 0 aliphatic heterocycles. The predicted octanol–water partition coefficient (Wildman–Crippen LogP) is 3.99. The Morgan fingerprint density at radius 1 is 1.41 bits per heavy atom. The van der Waals surface area contributed by atoms with Gasteiger partial charge >= 0.3 is 5.97 Å². The SMILES string of the molecule is CCOC(=O)c1cccc(C#Cc2nc(C3CCC3)cs2)c1. The van der Waals surface area contributed by atoms with Crippen LogP contribution in [0.2, 0.25) is 0 Å². The maximum absolute atomic E-state index is 11.7. The standard InChI is InChI=1S/C18H17NO2S/c1-2-21-18(20)15-8-3-5-13(11-15)9-10-17-19-16(12-22-17)14-6-4-7-14/h3,5,8,11-12,14H,2,4,6-7H2,1H3. The van der Waals surface area contributed by atoms with Crippen molar-refractivity contribution in [3.63, 3.8) is 0 Å². The lowest BCUT2D eigenvalue weighted by molar-refractivity contribution is 0.0526. The molecule has 0 N–H and O–H groups in total. The average Bonchev–Trinajstić information content (AvgIpc) is 2.92. The first-order chi connectivity index (χ1) is 10.8. The van der Waals surface area contributed by atoms with Crippen LogP contribution in [0, 0.1) is 11.8 Å². The second-order valence-corrected chi connectivity index (χ2v) is 6.11. The van der Waals surface area contributed by atoms with Crippen molar-refractivity contribution in [2.75, 3.05) is 6.61 Å². The predicted molar refractivity (Wildman–Crippen MR) is 87.1 cm³/mol. The quantitative estimate of drug-likeness (QED) is 0.635. The monoisotopic (exact) mass is 311 g/mol. The molecule has 4 heteroatoms. The third kappa shape index (κ3) is 3.37. The van der Waals surface area contributed by atoms with E-state index in [-0.39, 0.29) is 5.97 Å². The third-order valence-corrected chi connectivity index (χ3v) is 4.51. The summed E-state index contributed by atoms with van der Waals surface area (Å²) in [5.41, 5.74) is 2.51. The summed E-state index contributed by atoms with van der Waals surface area (Å²) in [5.74, 6) is 6.49. The van der Waals surface area contributed by atoms with Crippen LogP contribution in [0.25, 0.3) is 0 Å². The highest BCUT2D eigenvalue weighted by Gasteiger charge is 2.21. The molecular formula is C18H17NO2S. The second kappa shape index (κ2) is 6.76. The van der Waals surface area contributed by atoms with Gasteiger partial charge in [0.1, 0.15) is 0 Å². The van der Waals surface area contributed by atoms with Gasteiger partial charge in [-0.05, 0) is 43.9 Å². The van der Waals surface area contributed by atoms with Crippen LogP contribution in [0.4, 0.5) is 0 Å². The summed E-state index contributed by atoms with van der Waals surface area (Å²) < 4.78 is 5.00. The van der Waals surface area contributed by atoms with Crippen molar-refractivity contribution < 1.29 is 9.53 Å². The zero-order valence-electron chi connectivity index (χ0n) is 12.5. The van der Waals surface area contributed by atoms with E-state index in [1.165, 1.54) is 25.0 Å². The summed E-state index contributed by atoms with van der Waals surface area (Å²) in [6.45, 7) is 2.17. The smallest absolute Gasteiger partial charge is 0.338 e. The van der Waals surface area contributed by atoms with Gasteiger partial charge in [-0.25, -0.2) is 9.78 Å². The molecule has 112 valence electrons. The Labute approximate surface area is 134 Å². The van der Waals surface area contributed by atoms with Gasteiger partial charge in [-0.3, -0.25) is 0 Å². The first-order valence-electron chi connectivity index (χ1n) is 7.51. The van der Waals surface area contributed by atoms with E-state index in [9.17, 15) is 4.79 Å². The van der Waals surface area contributed by atoms with Crippen molar-refractivity contribution >= 4 is 17.3 Å². The summed E-state index contributed by atoms with van der Waals surface area (Å²) in [6.07, 6.45) is 3.81. The maximum atomic E-state index is 11.7. The Morgan fingerprint density at radius 2 is 2.27 bits per heavy atom. The Balaban J connectivity index is 1.74. The Hall–Kier alpha value is -2.12. The molecular weight excluding hydrogens is 294 g/mol. The molecule has 0 unspecified atom stereocenters. The molecule has 0 saturated heterocycles. The average molecular weight is 311 g/mol. The minimum atomic E-state index is -0.312. The van der Waals surface area contributed by atoms with Crippen LogP contribution < -0.4 is 0 Å².